The van der Waals surface area contributed by atoms with Crippen LogP contribution in [0.4, 0.5) is 0 Å². The van der Waals surface area contributed by atoms with Gasteiger partial charge in [0.1, 0.15) is 5.15 Å². The van der Waals surface area contributed by atoms with Gasteiger partial charge in [0.05, 0.1) is 11.4 Å². The van der Waals surface area contributed by atoms with Crippen LogP contribution in [0, 0.1) is 13.8 Å². The Labute approximate surface area is 121 Å². The number of aryl methyl sites for hydroxylation is 2. The van der Waals surface area contributed by atoms with Crippen LogP contribution >= 0.6 is 27.5 Å². The predicted octanol–water partition coefficient (Wildman–Crippen LogP) is 5.03. The van der Waals surface area contributed by atoms with Crippen LogP contribution < -0.4 is 0 Å². The molecule has 2 rings (SSSR count). The van der Waals surface area contributed by atoms with Gasteiger partial charge in [-0.1, -0.05) is 41.4 Å². The molecule has 0 atom stereocenters. The Kier molecular flexibility index (Phi) is 3.83. The topological polar surface area (TPSA) is 17.8 Å². The normalized spacial score (nSPS) is 11.3. The van der Waals surface area contributed by atoms with Crippen molar-refractivity contribution in [3.05, 3.63) is 44.6 Å². The van der Waals surface area contributed by atoms with Crippen LogP contribution in [-0.2, 0) is 0 Å². The van der Waals surface area contributed by atoms with Gasteiger partial charge in [-0.05, 0) is 43.5 Å². The molecule has 96 valence electrons. The summed E-state index contributed by atoms with van der Waals surface area (Å²) < 4.78 is 2.89. The fourth-order valence-electron chi connectivity index (χ4n) is 2.18. The molecule has 0 spiro atoms. The molecule has 0 N–H and O–H groups in total. The molecule has 0 unspecified atom stereocenters. The lowest BCUT2D eigenvalue weighted by atomic mass is 10.1. The van der Waals surface area contributed by atoms with Gasteiger partial charge in [-0.15, -0.1) is 0 Å². The first-order valence-electron chi connectivity index (χ1n) is 5.93. The smallest absolute Gasteiger partial charge is 0.136 e. The molecule has 0 amide bonds. The molecular formula is C14H16BrClN2. The Morgan fingerprint density at radius 3 is 2.44 bits per heavy atom. The van der Waals surface area contributed by atoms with Crippen LogP contribution in [-0.4, -0.2) is 9.78 Å². The largest absolute Gasteiger partial charge is 0.221 e. The van der Waals surface area contributed by atoms with E-state index in [2.05, 4.69) is 47.9 Å². The third-order valence-electron chi connectivity index (χ3n) is 3.01. The standard InChI is InChI=1S/C14H16BrClN2/c1-8(2)13-10(4)17-18(14(13)16)12-6-5-11(15)7-9(12)3/h5-8H,1-4H3. The van der Waals surface area contributed by atoms with Crippen molar-refractivity contribution in [1.29, 1.82) is 0 Å². The van der Waals surface area contributed by atoms with Crippen molar-refractivity contribution in [3.8, 4) is 5.69 Å². The number of nitrogens with zero attached hydrogens (tertiary/aromatic N) is 2. The van der Waals surface area contributed by atoms with Crippen molar-refractivity contribution >= 4 is 27.5 Å². The second kappa shape index (κ2) is 5.06. The average molecular weight is 328 g/mol. The SMILES string of the molecule is Cc1cc(Br)ccc1-n1nc(C)c(C(C)C)c1Cl. The lowest BCUT2D eigenvalue weighted by molar-refractivity contribution is 0.856. The van der Waals surface area contributed by atoms with Crippen LogP contribution in [0.3, 0.4) is 0 Å². The second-order valence-electron chi connectivity index (χ2n) is 4.79. The van der Waals surface area contributed by atoms with E-state index < -0.39 is 0 Å². The Hall–Kier alpha value is -0.800. The fourth-order valence-corrected chi connectivity index (χ4v) is 3.14. The Balaban J connectivity index is 2.62. The van der Waals surface area contributed by atoms with Crippen LogP contribution in [0.2, 0.25) is 5.15 Å². The van der Waals surface area contributed by atoms with E-state index in [9.17, 15) is 0 Å². The van der Waals surface area contributed by atoms with E-state index in [0.717, 1.165) is 27.0 Å². The Morgan fingerprint density at radius 1 is 1.28 bits per heavy atom. The zero-order valence-corrected chi connectivity index (χ0v) is 13.3. The molecule has 0 bridgehead atoms. The van der Waals surface area contributed by atoms with E-state index in [1.165, 1.54) is 0 Å². The molecule has 2 aromatic rings. The van der Waals surface area contributed by atoms with Gasteiger partial charge in [-0.2, -0.15) is 5.10 Å². The van der Waals surface area contributed by atoms with E-state index >= 15 is 0 Å². The molecule has 0 fully saturated rings. The van der Waals surface area contributed by atoms with Crippen LogP contribution in [0.25, 0.3) is 5.69 Å². The molecule has 0 saturated heterocycles. The van der Waals surface area contributed by atoms with E-state index in [0.29, 0.717) is 11.1 Å². The number of hydrogen-bond acceptors (Lipinski definition) is 1. The van der Waals surface area contributed by atoms with Crippen molar-refractivity contribution < 1.29 is 0 Å². The maximum Gasteiger partial charge on any atom is 0.136 e. The molecule has 2 nitrogen and oxygen atoms in total. The predicted molar refractivity (Wildman–Crippen MR) is 79.8 cm³/mol. The fraction of sp³-hybridized carbons (Fsp3) is 0.357. The summed E-state index contributed by atoms with van der Waals surface area (Å²) in [4.78, 5) is 0. The molecule has 0 saturated carbocycles. The zero-order valence-electron chi connectivity index (χ0n) is 11.0. The third-order valence-corrected chi connectivity index (χ3v) is 3.87. The van der Waals surface area contributed by atoms with Gasteiger partial charge < -0.3 is 0 Å². The van der Waals surface area contributed by atoms with Gasteiger partial charge >= 0.3 is 0 Å². The van der Waals surface area contributed by atoms with Crippen LogP contribution in [0.1, 0.15) is 36.6 Å². The summed E-state index contributed by atoms with van der Waals surface area (Å²) in [5.74, 6) is 0.377. The first kappa shape index (κ1) is 13.6. The number of halogens is 2. The highest BCUT2D eigenvalue weighted by molar-refractivity contribution is 9.10. The summed E-state index contributed by atoms with van der Waals surface area (Å²) in [5.41, 5.74) is 4.29. The van der Waals surface area contributed by atoms with Gasteiger partial charge in [0.15, 0.2) is 0 Å². The first-order chi connectivity index (χ1) is 8.41. The highest BCUT2D eigenvalue weighted by Gasteiger charge is 2.17. The van der Waals surface area contributed by atoms with Gasteiger partial charge in [0.25, 0.3) is 0 Å². The molecule has 0 aliphatic carbocycles. The molecule has 1 aromatic carbocycles. The first-order valence-corrected chi connectivity index (χ1v) is 7.10. The summed E-state index contributed by atoms with van der Waals surface area (Å²) in [6.45, 7) is 8.33. The summed E-state index contributed by atoms with van der Waals surface area (Å²) >= 11 is 9.93. The van der Waals surface area contributed by atoms with Crippen LogP contribution in [0.5, 0.6) is 0 Å². The van der Waals surface area contributed by atoms with Crippen molar-refractivity contribution in [2.75, 3.05) is 0 Å². The van der Waals surface area contributed by atoms with E-state index in [1.807, 2.05) is 23.7 Å². The van der Waals surface area contributed by atoms with E-state index in [4.69, 9.17) is 11.6 Å². The summed E-state index contributed by atoms with van der Waals surface area (Å²) in [6.07, 6.45) is 0. The van der Waals surface area contributed by atoms with Gasteiger partial charge in [0, 0.05) is 10.0 Å². The lowest BCUT2D eigenvalue weighted by Crippen LogP contribution is -1.99. The molecule has 18 heavy (non-hydrogen) atoms. The molecule has 4 heteroatoms. The number of rotatable bonds is 2. The summed E-state index contributed by atoms with van der Waals surface area (Å²) in [5, 5.41) is 5.28. The van der Waals surface area contributed by atoms with Crippen LogP contribution in [0.15, 0.2) is 22.7 Å². The summed E-state index contributed by atoms with van der Waals surface area (Å²) in [7, 11) is 0. The molecular weight excluding hydrogens is 312 g/mol. The minimum atomic E-state index is 0.377. The second-order valence-corrected chi connectivity index (χ2v) is 6.06. The molecule has 0 aliphatic heterocycles. The third kappa shape index (κ3) is 2.34. The molecule has 1 aromatic heterocycles. The molecule has 0 radical (unpaired) electrons. The van der Waals surface area contributed by atoms with Crippen molar-refractivity contribution in [2.45, 2.75) is 33.6 Å². The minimum Gasteiger partial charge on any atom is -0.221 e. The minimum absolute atomic E-state index is 0.377. The highest BCUT2D eigenvalue weighted by atomic mass is 79.9. The van der Waals surface area contributed by atoms with Crippen molar-refractivity contribution in [2.24, 2.45) is 0 Å². The summed E-state index contributed by atoms with van der Waals surface area (Å²) in [6, 6.07) is 6.10. The monoisotopic (exact) mass is 326 g/mol. The quantitative estimate of drug-likeness (QED) is 0.756. The number of hydrogen-bond donors (Lipinski definition) is 0. The maximum absolute atomic E-state index is 6.46. The highest BCUT2D eigenvalue weighted by Crippen LogP contribution is 2.31. The average Bonchev–Trinajstić information content (AvgIpc) is 2.54. The molecule has 1 heterocycles. The Morgan fingerprint density at radius 2 is 1.94 bits per heavy atom. The van der Waals surface area contributed by atoms with Gasteiger partial charge in [-0.25, -0.2) is 4.68 Å². The lowest BCUT2D eigenvalue weighted by Gasteiger charge is -2.08. The van der Waals surface area contributed by atoms with Gasteiger partial charge in [-0.3, -0.25) is 0 Å². The Bertz CT molecular complexity index is 588. The van der Waals surface area contributed by atoms with Crippen molar-refractivity contribution in [3.63, 3.8) is 0 Å². The van der Waals surface area contributed by atoms with Gasteiger partial charge in [0.2, 0.25) is 0 Å². The van der Waals surface area contributed by atoms with E-state index in [-0.39, 0.29) is 0 Å². The van der Waals surface area contributed by atoms with E-state index in [1.54, 1.807) is 0 Å². The van der Waals surface area contributed by atoms with Crippen molar-refractivity contribution in [1.82, 2.24) is 9.78 Å². The zero-order chi connectivity index (χ0) is 13.4. The maximum atomic E-state index is 6.46. The number of aromatic nitrogens is 2. The molecule has 0 aliphatic rings. The number of benzene rings is 1.